The summed E-state index contributed by atoms with van der Waals surface area (Å²) in [7, 11) is 0. The summed E-state index contributed by atoms with van der Waals surface area (Å²) in [5.41, 5.74) is 0. The highest BCUT2D eigenvalue weighted by Gasteiger charge is 2.27. The number of halogens is 3. The van der Waals surface area contributed by atoms with Gasteiger partial charge in [-0.2, -0.15) is 13.2 Å². The molecular formula is C10H17F3N2O2. The van der Waals surface area contributed by atoms with Crippen molar-refractivity contribution in [1.29, 1.82) is 0 Å². The standard InChI is InChI=1S/C10H17F3N2O2/c11-10(12,13)7-17-4-3-14-6-9(16)15-5-8-1-2-8/h8,14H,1-7H2,(H,15,16). The van der Waals surface area contributed by atoms with Gasteiger partial charge in [0.2, 0.25) is 5.91 Å². The normalized spacial score (nSPS) is 15.9. The average molecular weight is 254 g/mol. The largest absolute Gasteiger partial charge is 0.411 e. The minimum Gasteiger partial charge on any atom is -0.371 e. The van der Waals surface area contributed by atoms with Crippen molar-refractivity contribution in [3.8, 4) is 0 Å². The predicted octanol–water partition coefficient (Wildman–Crippen LogP) is 0.681. The van der Waals surface area contributed by atoms with Crippen molar-refractivity contribution in [2.75, 3.05) is 32.8 Å². The zero-order valence-electron chi connectivity index (χ0n) is 9.48. The second kappa shape index (κ2) is 6.80. The van der Waals surface area contributed by atoms with E-state index in [1.54, 1.807) is 0 Å². The number of ether oxygens (including phenoxy) is 1. The van der Waals surface area contributed by atoms with Gasteiger partial charge in [0.05, 0.1) is 13.2 Å². The molecule has 0 spiro atoms. The van der Waals surface area contributed by atoms with E-state index in [1.807, 2.05) is 0 Å². The van der Waals surface area contributed by atoms with E-state index >= 15 is 0 Å². The summed E-state index contributed by atoms with van der Waals surface area (Å²) in [6.45, 7) is -0.266. The van der Waals surface area contributed by atoms with Gasteiger partial charge >= 0.3 is 6.18 Å². The maximum absolute atomic E-state index is 11.7. The van der Waals surface area contributed by atoms with Crippen LogP contribution in [0.25, 0.3) is 0 Å². The van der Waals surface area contributed by atoms with Crippen LogP contribution in [0, 0.1) is 5.92 Å². The molecule has 1 aliphatic carbocycles. The van der Waals surface area contributed by atoms with Crippen molar-refractivity contribution in [3.63, 3.8) is 0 Å². The van der Waals surface area contributed by atoms with E-state index in [1.165, 1.54) is 12.8 Å². The van der Waals surface area contributed by atoms with Crippen LogP contribution in [0.15, 0.2) is 0 Å². The Labute approximate surface area is 97.9 Å². The smallest absolute Gasteiger partial charge is 0.371 e. The predicted molar refractivity (Wildman–Crippen MR) is 55.5 cm³/mol. The number of carbonyl (C=O) groups is 1. The zero-order valence-corrected chi connectivity index (χ0v) is 9.48. The first-order valence-corrected chi connectivity index (χ1v) is 5.59. The first-order valence-electron chi connectivity index (χ1n) is 5.59. The number of alkyl halides is 3. The monoisotopic (exact) mass is 254 g/mol. The maximum Gasteiger partial charge on any atom is 0.411 e. The Morgan fingerprint density at radius 1 is 1.35 bits per heavy atom. The van der Waals surface area contributed by atoms with Gasteiger partial charge in [0.15, 0.2) is 0 Å². The molecule has 1 fully saturated rings. The molecule has 0 saturated heterocycles. The average Bonchev–Trinajstić information content (AvgIpc) is 3.02. The lowest BCUT2D eigenvalue weighted by molar-refractivity contribution is -0.173. The van der Waals surface area contributed by atoms with Crippen LogP contribution < -0.4 is 10.6 Å². The summed E-state index contributed by atoms with van der Waals surface area (Å²) in [4.78, 5) is 11.2. The summed E-state index contributed by atoms with van der Waals surface area (Å²) < 4.78 is 39.4. The Morgan fingerprint density at radius 3 is 2.65 bits per heavy atom. The molecule has 0 unspecified atom stereocenters. The molecular weight excluding hydrogens is 237 g/mol. The van der Waals surface area contributed by atoms with Gasteiger partial charge in [-0.15, -0.1) is 0 Å². The molecule has 0 atom stereocenters. The summed E-state index contributed by atoms with van der Waals surface area (Å²) in [6, 6.07) is 0. The molecule has 0 aliphatic heterocycles. The van der Waals surface area contributed by atoms with Gasteiger partial charge in [0, 0.05) is 13.1 Å². The number of rotatable bonds is 8. The second-order valence-corrected chi connectivity index (χ2v) is 4.09. The quantitative estimate of drug-likeness (QED) is 0.626. The lowest BCUT2D eigenvalue weighted by Gasteiger charge is -2.08. The van der Waals surface area contributed by atoms with E-state index < -0.39 is 12.8 Å². The van der Waals surface area contributed by atoms with E-state index in [0.29, 0.717) is 12.5 Å². The highest BCUT2D eigenvalue weighted by atomic mass is 19.4. The van der Waals surface area contributed by atoms with Gasteiger partial charge in [-0.05, 0) is 18.8 Å². The van der Waals surface area contributed by atoms with Crippen LogP contribution in [0.3, 0.4) is 0 Å². The first kappa shape index (κ1) is 14.2. The lowest BCUT2D eigenvalue weighted by atomic mass is 10.4. The maximum atomic E-state index is 11.7. The molecule has 7 heteroatoms. The van der Waals surface area contributed by atoms with E-state index in [2.05, 4.69) is 15.4 Å². The van der Waals surface area contributed by atoms with Crippen molar-refractivity contribution in [3.05, 3.63) is 0 Å². The summed E-state index contributed by atoms with van der Waals surface area (Å²) in [5, 5.41) is 5.45. The minimum atomic E-state index is -4.29. The van der Waals surface area contributed by atoms with Crippen molar-refractivity contribution < 1.29 is 22.7 Å². The van der Waals surface area contributed by atoms with Crippen LogP contribution in [-0.4, -0.2) is 44.9 Å². The molecule has 100 valence electrons. The van der Waals surface area contributed by atoms with Crippen molar-refractivity contribution in [2.24, 2.45) is 5.92 Å². The molecule has 1 amide bonds. The van der Waals surface area contributed by atoms with Gasteiger partial charge in [-0.1, -0.05) is 0 Å². The first-order chi connectivity index (χ1) is 7.97. The number of hydrogen-bond donors (Lipinski definition) is 2. The second-order valence-electron chi connectivity index (χ2n) is 4.09. The van der Waals surface area contributed by atoms with Gasteiger partial charge < -0.3 is 15.4 Å². The minimum absolute atomic E-state index is 0.0601. The van der Waals surface area contributed by atoms with E-state index in [9.17, 15) is 18.0 Å². The molecule has 0 aromatic carbocycles. The molecule has 0 aromatic heterocycles. The van der Waals surface area contributed by atoms with Crippen LogP contribution in [0.4, 0.5) is 13.2 Å². The van der Waals surface area contributed by atoms with Gasteiger partial charge in [-0.3, -0.25) is 4.79 Å². The van der Waals surface area contributed by atoms with Crippen molar-refractivity contribution >= 4 is 5.91 Å². The third-order valence-corrected chi connectivity index (χ3v) is 2.26. The lowest BCUT2D eigenvalue weighted by Crippen LogP contribution is -2.36. The third-order valence-electron chi connectivity index (χ3n) is 2.26. The molecule has 0 bridgehead atoms. The topological polar surface area (TPSA) is 50.4 Å². The Balaban J connectivity index is 1.84. The zero-order chi connectivity index (χ0) is 12.7. The molecule has 0 aromatic rings. The molecule has 0 radical (unpaired) electrons. The Morgan fingerprint density at radius 2 is 2.06 bits per heavy atom. The molecule has 1 saturated carbocycles. The van der Waals surface area contributed by atoms with Gasteiger partial charge in [0.25, 0.3) is 0 Å². The molecule has 0 heterocycles. The Kier molecular flexibility index (Phi) is 5.70. The molecule has 17 heavy (non-hydrogen) atoms. The summed E-state index contributed by atoms with van der Waals surface area (Å²) >= 11 is 0. The van der Waals surface area contributed by atoms with E-state index in [-0.39, 0.29) is 25.6 Å². The van der Waals surface area contributed by atoms with Crippen LogP contribution >= 0.6 is 0 Å². The van der Waals surface area contributed by atoms with Crippen LogP contribution in [0.2, 0.25) is 0 Å². The summed E-state index contributed by atoms with van der Waals surface area (Å²) in [5.74, 6) is 0.488. The van der Waals surface area contributed by atoms with E-state index in [4.69, 9.17) is 0 Å². The highest BCUT2D eigenvalue weighted by Crippen LogP contribution is 2.27. The molecule has 1 rings (SSSR count). The summed E-state index contributed by atoms with van der Waals surface area (Å²) in [6.07, 6.45) is -1.96. The fraction of sp³-hybridized carbons (Fsp3) is 0.900. The third kappa shape index (κ3) is 8.93. The number of hydrogen-bond acceptors (Lipinski definition) is 3. The number of amides is 1. The van der Waals surface area contributed by atoms with E-state index in [0.717, 1.165) is 0 Å². The fourth-order valence-corrected chi connectivity index (χ4v) is 1.18. The Hall–Kier alpha value is -0.820. The van der Waals surface area contributed by atoms with Gasteiger partial charge in [0.1, 0.15) is 6.61 Å². The van der Waals surface area contributed by atoms with Crippen LogP contribution in [0.1, 0.15) is 12.8 Å². The SMILES string of the molecule is O=C(CNCCOCC(F)(F)F)NCC1CC1. The fourth-order valence-electron chi connectivity index (χ4n) is 1.18. The van der Waals surface area contributed by atoms with Gasteiger partial charge in [-0.25, -0.2) is 0 Å². The van der Waals surface area contributed by atoms with Crippen LogP contribution in [-0.2, 0) is 9.53 Å². The van der Waals surface area contributed by atoms with Crippen molar-refractivity contribution in [1.82, 2.24) is 10.6 Å². The highest BCUT2D eigenvalue weighted by molar-refractivity contribution is 5.77. The Bertz CT molecular complexity index is 242. The van der Waals surface area contributed by atoms with Crippen molar-refractivity contribution in [2.45, 2.75) is 19.0 Å². The number of nitrogens with one attached hydrogen (secondary N) is 2. The molecule has 2 N–H and O–H groups in total. The molecule has 4 nitrogen and oxygen atoms in total. The molecule has 1 aliphatic rings. The van der Waals surface area contributed by atoms with Crippen LogP contribution in [0.5, 0.6) is 0 Å². The number of carbonyl (C=O) groups excluding carboxylic acids is 1.